The van der Waals surface area contributed by atoms with Gasteiger partial charge in [0.1, 0.15) is 0 Å². The zero-order chi connectivity index (χ0) is 13.4. The van der Waals surface area contributed by atoms with Gasteiger partial charge in [-0.15, -0.1) is 0 Å². The molecule has 0 bridgehead atoms. The maximum absolute atomic E-state index is 11.6. The van der Waals surface area contributed by atoms with E-state index in [9.17, 15) is 9.59 Å². The van der Waals surface area contributed by atoms with Crippen molar-refractivity contribution in [1.82, 2.24) is 9.88 Å². The Morgan fingerprint density at radius 3 is 2.89 bits per heavy atom. The summed E-state index contributed by atoms with van der Waals surface area (Å²) in [6.45, 7) is 0. The minimum atomic E-state index is -0.386. The third-order valence-electron chi connectivity index (χ3n) is 3.10. The van der Waals surface area contributed by atoms with E-state index in [1.54, 1.807) is 6.20 Å². The Bertz CT molecular complexity index is 729. The fraction of sp³-hybridized carbons (Fsp3) is 0.154. The highest BCUT2D eigenvalue weighted by atomic mass is 32.2. The number of hydrogen-bond acceptors (Lipinski definition) is 4. The van der Waals surface area contributed by atoms with Crippen molar-refractivity contribution in [1.29, 1.82) is 5.26 Å². The largest absolute Gasteiger partial charge is 0.286 e. The number of carbonyl (C=O) groups excluding carboxylic acids is 2. The number of fused-ring (bicyclic) bond motifs is 1. The number of benzene rings is 1. The summed E-state index contributed by atoms with van der Waals surface area (Å²) >= 11 is 1.02. The summed E-state index contributed by atoms with van der Waals surface area (Å²) < 4.78 is 1.48. The molecule has 1 aliphatic heterocycles. The molecule has 1 aliphatic rings. The second kappa shape index (κ2) is 4.44. The monoisotopic (exact) mass is 271 g/mol. The van der Waals surface area contributed by atoms with E-state index in [0.717, 1.165) is 28.2 Å². The van der Waals surface area contributed by atoms with Crippen LogP contribution in [0.5, 0.6) is 0 Å². The van der Waals surface area contributed by atoms with E-state index in [4.69, 9.17) is 5.26 Å². The Hall–Kier alpha value is -2.26. The molecule has 1 N–H and O–H groups in total. The number of thioether (sulfide) groups is 1. The highest BCUT2D eigenvalue weighted by Gasteiger charge is 2.31. The molecule has 0 radical (unpaired) electrons. The van der Waals surface area contributed by atoms with Gasteiger partial charge in [-0.1, -0.05) is 23.9 Å². The SMILES string of the molecule is N#Cn1ccc2c(CC3SC(=O)NC3=O)cccc21. The van der Waals surface area contributed by atoms with E-state index in [2.05, 4.69) is 11.5 Å². The van der Waals surface area contributed by atoms with Crippen LogP contribution in [0.2, 0.25) is 0 Å². The third-order valence-corrected chi connectivity index (χ3v) is 4.08. The van der Waals surface area contributed by atoms with Crippen molar-refractivity contribution in [2.75, 3.05) is 0 Å². The van der Waals surface area contributed by atoms with E-state index in [1.807, 2.05) is 24.3 Å². The van der Waals surface area contributed by atoms with Gasteiger partial charge in [-0.25, -0.2) is 0 Å². The van der Waals surface area contributed by atoms with Crippen LogP contribution in [-0.2, 0) is 11.2 Å². The predicted molar refractivity (Wildman–Crippen MR) is 71.6 cm³/mol. The molecule has 1 atom stereocenters. The first kappa shape index (κ1) is 11.8. The lowest BCUT2D eigenvalue weighted by Crippen LogP contribution is -2.25. The number of nitrogens with zero attached hydrogens (tertiary/aromatic N) is 2. The first-order chi connectivity index (χ1) is 9.19. The van der Waals surface area contributed by atoms with Gasteiger partial charge < -0.3 is 0 Å². The highest BCUT2D eigenvalue weighted by Crippen LogP contribution is 2.27. The molecule has 0 saturated carbocycles. The molecule has 2 aromatic rings. The number of hydrogen-bond donors (Lipinski definition) is 1. The topological polar surface area (TPSA) is 74.9 Å². The van der Waals surface area contributed by atoms with Gasteiger partial charge in [0.15, 0.2) is 6.19 Å². The lowest BCUT2D eigenvalue weighted by Gasteiger charge is -2.06. The fourth-order valence-corrected chi connectivity index (χ4v) is 3.07. The molecule has 19 heavy (non-hydrogen) atoms. The second-order valence-corrected chi connectivity index (χ2v) is 5.40. The van der Waals surface area contributed by atoms with Crippen LogP contribution in [-0.4, -0.2) is 21.0 Å². The lowest BCUT2D eigenvalue weighted by atomic mass is 10.0. The van der Waals surface area contributed by atoms with Gasteiger partial charge in [0.25, 0.3) is 5.24 Å². The second-order valence-electron chi connectivity index (χ2n) is 4.22. The number of nitriles is 1. The normalized spacial score (nSPS) is 18.6. The number of imide groups is 1. The van der Waals surface area contributed by atoms with E-state index in [1.165, 1.54) is 4.57 Å². The van der Waals surface area contributed by atoms with Crippen molar-refractivity contribution in [2.45, 2.75) is 11.7 Å². The van der Waals surface area contributed by atoms with Crippen molar-refractivity contribution < 1.29 is 9.59 Å². The van der Waals surface area contributed by atoms with E-state index in [-0.39, 0.29) is 16.4 Å². The van der Waals surface area contributed by atoms with Crippen molar-refractivity contribution >= 4 is 33.8 Å². The number of carbonyl (C=O) groups is 2. The molecule has 1 aromatic carbocycles. The molecule has 1 aromatic heterocycles. The zero-order valence-corrected chi connectivity index (χ0v) is 10.6. The Labute approximate surface area is 113 Å². The molecule has 1 unspecified atom stereocenters. The third kappa shape index (κ3) is 1.98. The Balaban J connectivity index is 1.98. The molecule has 5 nitrogen and oxygen atoms in total. The quantitative estimate of drug-likeness (QED) is 0.904. The zero-order valence-electron chi connectivity index (χ0n) is 9.79. The Kier molecular flexibility index (Phi) is 2.76. The minimum Gasteiger partial charge on any atom is -0.286 e. The molecule has 6 heteroatoms. The lowest BCUT2D eigenvalue weighted by molar-refractivity contribution is -0.118. The summed E-state index contributed by atoms with van der Waals surface area (Å²) in [5.41, 5.74) is 1.78. The Morgan fingerprint density at radius 2 is 2.21 bits per heavy atom. The van der Waals surface area contributed by atoms with E-state index >= 15 is 0 Å². The van der Waals surface area contributed by atoms with Gasteiger partial charge in [-0.2, -0.15) is 5.26 Å². The molecule has 1 fully saturated rings. The maximum atomic E-state index is 11.6. The van der Waals surface area contributed by atoms with Crippen LogP contribution in [0.25, 0.3) is 10.9 Å². The van der Waals surface area contributed by atoms with Gasteiger partial charge in [0.05, 0.1) is 10.8 Å². The van der Waals surface area contributed by atoms with Crippen molar-refractivity contribution in [2.24, 2.45) is 0 Å². The molecular formula is C13H9N3O2S. The van der Waals surface area contributed by atoms with Crippen LogP contribution in [0.1, 0.15) is 5.56 Å². The molecule has 0 spiro atoms. The number of nitrogens with one attached hydrogen (secondary N) is 1. The van der Waals surface area contributed by atoms with Crippen LogP contribution in [0.3, 0.4) is 0 Å². The van der Waals surface area contributed by atoms with Gasteiger partial charge in [-0.05, 0) is 24.1 Å². The van der Waals surface area contributed by atoms with Crippen molar-refractivity contribution in [3.05, 3.63) is 36.0 Å². The molecule has 0 aliphatic carbocycles. The summed E-state index contributed by atoms with van der Waals surface area (Å²) in [4.78, 5) is 22.7. The van der Waals surface area contributed by atoms with Crippen LogP contribution < -0.4 is 5.32 Å². The molecule has 2 heterocycles. The van der Waals surface area contributed by atoms with Gasteiger partial charge in [0.2, 0.25) is 5.91 Å². The summed E-state index contributed by atoms with van der Waals surface area (Å²) in [6.07, 6.45) is 4.24. The number of rotatable bonds is 2. The average molecular weight is 271 g/mol. The van der Waals surface area contributed by atoms with Gasteiger partial charge in [-0.3, -0.25) is 19.5 Å². The first-order valence-corrected chi connectivity index (χ1v) is 6.57. The van der Waals surface area contributed by atoms with E-state index in [0.29, 0.717) is 6.42 Å². The molecular weight excluding hydrogens is 262 g/mol. The Morgan fingerprint density at radius 1 is 1.37 bits per heavy atom. The highest BCUT2D eigenvalue weighted by molar-refractivity contribution is 8.15. The maximum Gasteiger partial charge on any atom is 0.286 e. The van der Waals surface area contributed by atoms with Crippen LogP contribution >= 0.6 is 11.8 Å². The first-order valence-electron chi connectivity index (χ1n) is 5.69. The number of aromatic nitrogens is 1. The standard InChI is InChI=1S/C13H9N3O2S/c14-7-16-5-4-9-8(2-1-3-10(9)16)6-11-12(17)15-13(18)19-11/h1-5,11H,6H2,(H,15,17,18). The molecule has 3 rings (SSSR count). The summed E-state index contributed by atoms with van der Waals surface area (Å²) in [5.74, 6) is -0.244. The van der Waals surface area contributed by atoms with Crippen LogP contribution in [0.15, 0.2) is 30.5 Å². The van der Waals surface area contributed by atoms with Crippen LogP contribution in [0.4, 0.5) is 4.79 Å². The smallest absolute Gasteiger partial charge is 0.286 e. The van der Waals surface area contributed by atoms with E-state index < -0.39 is 0 Å². The predicted octanol–water partition coefficient (Wildman–Crippen LogP) is 1.86. The van der Waals surface area contributed by atoms with Gasteiger partial charge in [0, 0.05) is 11.6 Å². The summed E-state index contributed by atoms with van der Waals surface area (Å²) in [5, 5.41) is 11.5. The van der Waals surface area contributed by atoms with Gasteiger partial charge >= 0.3 is 0 Å². The van der Waals surface area contributed by atoms with Crippen LogP contribution in [0, 0.1) is 11.5 Å². The summed E-state index contributed by atoms with van der Waals surface area (Å²) in [6, 6.07) is 7.48. The number of amides is 2. The summed E-state index contributed by atoms with van der Waals surface area (Å²) in [7, 11) is 0. The molecule has 94 valence electrons. The fourth-order valence-electron chi connectivity index (χ4n) is 2.22. The van der Waals surface area contributed by atoms with Crippen molar-refractivity contribution in [3.8, 4) is 6.19 Å². The molecule has 2 amide bonds. The molecule has 1 saturated heterocycles. The minimum absolute atomic E-state index is 0.244. The average Bonchev–Trinajstić information content (AvgIpc) is 2.94. The van der Waals surface area contributed by atoms with Crippen molar-refractivity contribution in [3.63, 3.8) is 0 Å².